The maximum Gasteiger partial charge on any atom is 0.162 e. The van der Waals surface area contributed by atoms with Crippen LogP contribution < -0.4 is 10.5 Å². The van der Waals surface area contributed by atoms with Gasteiger partial charge in [0, 0.05) is 15.7 Å². The zero-order valence-corrected chi connectivity index (χ0v) is 12.5. The second-order valence-electron chi connectivity index (χ2n) is 3.98. The maximum absolute atomic E-state index is 11.4. The molecule has 0 atom stereocenters. The lowest BCUT2D eigenvalue weighted by atomic mass is 10.1. The van der Waals surface area contributed by atoms with Gasteiger partial charge in [0.1, 0.15) is 11.5 Å². The van der Waals surface area contributed by atoms with E-state index in [0.717, 1.165) is 4.47 Å². The molecule has 0 saturated heterocycles. The Morgan fingerprint density at radius 2 is 2.00 bits per heavy atom. The molecule has 0 unspecified atom stereocenters. The maximum atomic E-state index is 11.4. The zero-order chi connectivity index (χ0) is 14.0. The fraction of sp³-hybridized carbons (Fsp3) is 0.0714. The van der Waals surface area contributed by atoms with Crippen LogP contribution in [0.4, 0.5) is 5.69 Å². The first-order valence-electron chi connectivity index (χ1n) is 5.51. The SMILES string of the molecule is CC(=O)c1cc(Oc2ccc(Br)cc2Cl)ccc1N. The summed E-state index contributed by atoms with van der Waals surface area (Å²) >= 11 is 9.39. The average molecular weight is 341 g/mol. The summed E-state index contributed by atoms with van der Waals surface area (Å²) in [6.07, 6.45) is 0. The standard InChI is InChI=1S/C14H11BrClNO2/c1-8(18)11-7-10(3-4-13(11)17)19-14-5-2-9(15)6-12(14)16/h2-7H,17H2,1H3. The Morgan fingerprint density at radius 1 is 1.26 bits per heavy atom. The summed E-state index contributed by atoms with van der Waals surface area (Å²) in [5.74, 6) is 0.928. The van der Waals surface area contributed by atoms with Crippen LogP contribution in [0.1, 0.15) is 17.3 Å². The second kappa shape index (κ2) is 5.63. The number of nitrogens with two attached hydrogens (primary N) is 1. The van der Waals surface area contributed by atoms with Crippen molar-refractivity contribution in [3.63, 3.8) is 0 Å². The number of carbonyl (C=O) groups excluding carboxylic acids is 1. The molecule has 0 aliphatic carbocycles. The summed E-state index contributed by atoms with van der Waals surface area (Å²) in [5.41, 5.74) is 6.59. The largest absolute Gasteiger partial charge is 0.456 e. The molecule has 0 amide bonds. The minimum Gasteiger partial charge on any atom is -0.456 e. The van der Waals surface area contributed by atoms with Crippen molar-refractivity contribution in [3.8, 4) is 11.5 Å². The van der Waals surface area contributed by atoms with Gasteiger partial charge in [0.2, 0.25) is 0 Å². The minimum atomic E-state index is -0.107. The summed E-state index contributed by atoms with van der Waals surface area (Å²) in [5, 5.41) is 0.482. The highest BCUT2D eigenvalue weighted by atomic mass is 79.9. The molecule has 19 heavy (non-hydrogen) atoms. The van der Waals surface area contributed by atoms with E-state index in [1.165, 1.54) is 6.92 Å². The summed E-state index contributed by atoms with van der Waals surface area (Å²) in [6.45, 7) is 1.46. The van der Waals surface area contributed by atoms with Gasteiger partial charge < -0.3 is 10.5 Å². The molecule has 0 fully saturated rings. The van der Waals surface area contributed by atoms with Crippen LogP contribution >= 0.6 is 27.5 Å². The Bertz CT molecular complexity index is 643. The number of hydrogen-bond donors (Lipinski definition) is 1. The van der Waals surface area contributed by atoms with E-state index >= 15 is 0 Å². The number of benzene rings is 2. The Balaban J connectivity index is 2.33. The van der Waals surface area contributed by atoms with Crippen molar-refractivity contribution in [1.82, 2.24) is 0 Å². The lowest BCUT2D eigenvalue weighted by molar-refractivity contribution is 0.101. The van der Waals surface area contributed by atoms with Gasteiger partial charge in [-0.2, -0.15) is 0 Å². The van der Waals surface area contributed by atoms with Crippen molar-refractivity contribution < 1.29 is 9.53 Å². The molecule has 0 saturated carbocycles. The molecule has 0 aliphatic rings. The van der Waals surface area contributed by atoms with Gasteiger partial charge in [0.25, 0.3) is 0 Å². The highest BCUT2D eigenvalue weighted by Crippen LogP contribution is 2.32. The zero-order valence-electron chi connectivity index (χ0n) is 10.1. The molecule has 2 aromatic carbocycles. The van der Waals surface area contributed by atoms with Gasteiger partial charge in [-0.05, 0) is 43.3 Å². The van der Waals surface area contributed by atoms with Crippen LogP contribution in [0.15, 0.2) is 40.9 Å². The smallest absolute Gasteiger partial charge is 0.162 e. The van der Waals surface area contributed by atoms with Crippen molar-refractivity contribution in [2.75, 3.05) is 5.73 Å². The number of hydrogen-bond acceptors (Lipinski definition) is 3. The quantitative estimate of drug-likeness (QED) is 0.652. The number of Topliss-reactive ketones (excluding diaryl/α,β-unsaturated/α-hetero) is 1. The molecule has 0 radical (unpaired) electrons. The number of nitrogen functional groups attached to an aromatic ring is 1. The van der Waals surface area contributed by atoms with Crippen molar-refractivity contribution in [2.24, 2.45) is 0 Å². The molecule has 3 nitrogen and oxygen atoms in total. The van der Waals surface area contributed by atoms with Crippen LogP contribution in [0.2, 0.25) is 5.02 Å². The normalized spacial score (nSPS) is 10.3. The third-order valence-electron chi connectivity index (χ3n) is 2.53. The van der Waals surface area contributed by atoms with E-state index in [0.29, 0.717) is 27.8 Å². The monoisotopic (exact) mass is 339 g/mol. The third kappa shape index (κ3) is 3.28. The van der Waals surface area contributed by atoms with Gasteiger partial charge in [-0.25, -0.2) is 0 Å². The van der Waals surface area contributed by atoms with Crippen LogP contribution in [0.3, 0.4) is 0 Å². The molecule has 2 rings (SSSR count). The summed E-state index contributed by atoms with van der Waals surface area (Å²) in [6, 6.07) is 10.2. The topological polar surface area (TPSA) is 52.3 Å². The molecule has 0 aliphatic heterocycles. The predicted octanol–water partition coefficient (Wildman–Crippen LogP) is 4.68. The molecule has 98 valence electrons. The number of ketones is 1. The van der Waals surface area contributed by atoms with Gasteiger partial charge in [-0.3, -0.25) is 4.79 Å². The lowest BCUT2D eigenvalue weighted by Gasteiger charge is -2.10. The molecule has 0 heterocycles. The Labute approximate surface area is 124 Å². The van der Waals surface area contributed by atoms with E-state index < -0.39 is 0 Å². The first-order valence-corrected chi connectivity index (χ1v) is 6.68. The van der Waals surface area contributed by atoms with Gasteiger partial charge in [0.15, 0.2) is 5.78 Å². The first kappa shape index (κ1) is 13.9. The van der Waals surface area contributed by atoms with Crippen molar-refractivity contribution in [2.45, 2.75) is 6.92 Å². The number of halogens is 2. The Kier molecular flexibility index (Phi) is 4.12. The minimum absolute atomic E-state index is 0.107. The van der Waals surface area contributed by atoms with Gasteiger partial charge in [0.05, 0.1) is 5.02 Å². The van der Waals surface area contributed by atoms with E-state index in [9.17, 15) is 4.79 Å². The second-order valence-corrected chi connectivity index (χ2v) is 5.30. The van der Waals surface area contributed by atoms with E-state index in [-0.39, 0.29) is 5.78 Å². The van der Waals surface area contributed by atoms with E-state index in [1.54, 1.807) is 30.3 Å². The van der Waals surface area contributed by atoms with Gasteiger partial charge >= 0.3 is 0 Å². The highest BCUT2D eigenvalue weighted by molar-refractivity contribution is 9.10. The van der Waals surface area contributed by atoms with Gasteiger partial charge in [-0.15, -0.1) is 0 Å². The summed E-state index contributed by atoms with van der Waals surface area (Å²) in [4.78, 5) is 11.4. The molecule has 0 aromatic heterocycles. The predicted molar refractivity (Wildman–Crippen MR) is 80.1 cm³/mol. The molecule has 0 bridgehead atoms. The fourth-order valence-electron chi connectivity index (χ4n) is 1.59. The number of ether oxygens (including phenoxy) is 1. The highest BCUT2D eigenvalue weighted by Gasteiger charge is 2.09. The van der Waals surface area contributed by atoms with Crippen molar-refractivity contribution >= 4 is 39.0 Å². The first-order chi connectivity index (χ1) is 8.97. The molecular formula is C14H11BrClNO2. The Morgan fingerprint density at radius 3 is 2.63 bits per heavy atom. The fourth-order valence-corrected chi connectivity index (χ4v) is 2.30. The van der Waals surface area contributed by atoms with Crippen LogP contribution in [0.5, 0.6) is 11.5 Å². The molecule has 2 N–H and O–H groups in total. The van der Waals surface area contributed by atoms with E-state index in [2.05, 4.69) is 15.9 Å². The molecule has 5 heteroatoms. The lowest BCUT2D eigenvalue weighted by Crippen LogP contribution is -1.99. The molecule has 2 aromatic rings. The Hall–Kier alpha value is -1.52. The van der Waals surface area contributed by atoms with Crippen LogP contribution in [-0.4, -0.2) is 5.78 Å². The van der Waals surface area contributed by atoms with Crippen LogP contribution in [-0.2, 0) is 0 Å². The van der Waals surface area contributed by atoms with Crippen LogP contribution in [0.25, 0.3) is 0 Å². The van der Waals surface area contributed by atoms with Crippen molar-refractivity contribution in [1.29, 1.82) is 0 Å². The van der Waals surface area contributed by atoms with Crippen LogP contribution in [0, 0.1) is 0 Å². The van der Waals surface area contributed by atoms with Gasteiger partial charge in [-0.1, -0.05) is 27.5 Å². The number of anilines is 1. The van der Waals surface area contributed by atoms with E-state index in [4.69, 9.17) is 22.1 Å². The number of rotatable bonds is 3. The molecule has 0 spiro atoms. The van der Waals surface area contributed by atoms with E-state index in [1.807, 2.05) is 6.07 Å². The summed E-state index contributed by atoms with van der Waals surface area (Å²) < 4.78 is 6.52. The third-order valence-corrected chi connectivity index (χ3v) is 3.31. The number of carbonyl (C=O) groups is 1. The molecular weight excluding hydrogens is 330 g/mol. The average Bonchev–Trinajstić information content (AvgIpc) is 2.34. The van der Waals surface area contributed by atoms with Crippen molar-refractivity contribution in [3.05, 3.63) is 51.5 Å². The summed E-state index contributed by atoms with van der Waals surface area (Å²) in [7, 11) is 0.